The van der Waals surface area contributed by atoms with Gasteiger partial charge >= 0.3 is 5.97 Å². The first-order valence-corrected chi connectivity index (χ1v) is 7.73. The molecule has 0 spiro atoms. The molecule has 2 heterocycles. The average molecular weight is 364 g/mol. The zero-order valence-electron chi connectivity index (χ0n) is 10.7. The van der Waals surface area contributed by atoms with Crippen molar-refractivity contribution in [3.8, 4) is 5.75 Å². The Kier molecular flexibility index (Phi) is 3.90. The van der Waals surface area contributed by atoms with Crippen LogP contribution in [0.4, 0.5) is 0 Å². The van der Waals surface area contributed by atoms with Crippen molar-refractivity contribution in [1.82, 2.24) is 4.98 Å². The highest BCUT2D eigenvalue weighted by molar-refractivity contribution is 9.10. The molecular formula is C15H10BrNO3S. The summed E-state index contributed by atoms with van der Waals surface area (Å²) in [7, 11) is 0. The lowest BCUT2D eigenvalue weighted by Crippen LogP contribution is -2.02. The fourth-order valence-corrected chi connectivity index (χ4v) is 3.43. The van der Waals surface area contributed by atoms with Gasteiger partial charge in [-0.15, -0.1) is 11.3 Å². The highest BCUT2D eigenvalue weighted by Gasteiger charge is 2.17. The summed E-state index contributed by atoms with van der Waals surface area (Å²) in [5.74, 6) is -0.335. The third-order valence-corrected chi connectivity index (χ3v) is 4.59. The molecule has 1 N–H and O–H groups in total. The molecule has 0 aliphatic heterocycles. The highest BCUT2D eigenvalue weighted by Crippen LogP contribution is 2.32. The minimum atomic E-state index is -0.929. The molecule has 0 unspecified atom stereocenters. The number of thiophene rings is 1. The Labute approximate surface area is 133 Å². The maximum absolute atomic E-state index is 11.4. The molecule has 21 heavy (non-hydrogen) atoms. The van der Waals surface area contributed by atoms with Crippen LogP contribution in [0.5, 0.6) is 5.75 Å². The molecule has 0 aliphatic rings. The van der Waals surface area contributed by atoms with E-state index in [0.717, 1.165) is 14.6 Å². The first kappa shape index (κ1) is 14.0. The van der Waals surface area contributed by atoms with Gasteiger partial charge in [-0.2, -0.15) is 0 Å². The van der Waals surface area contributed by atoms with E-state index in [9.17, 15) is 9.90 Å². The summed E-state index contributed by atoms with van der Waals surface area (Å²) in [4.78, 5) is 15.7. The Morgan fingerprint density at radius 1 is 1.33 bits per heavy atom. The minimum Gasteiger partial charge on any atom is -0.487 e. The zero-order chi connectivity index (χ0) is 14.8. The third-order valence-electron chi connectivity index (χ3n) is 2.96. The molecule has 0 atom stereocenters. The lowest BCUT2D eigenvalue weighted by Gasteiger charge is -2.06. The van der Waals surface area contributed by atoms with Gasteiger partial charge in [0, 0.05) is 20.9 Å². The minimum absolute atomic E-state index is 0.198. The van der Waals surface area contributed by atoms with E-state index in [0.29, 0.717) is 16.2 Å². The number of carboxylic acid groups (broad SMARTS) is 1. The van der Waals surface area contributed by atoms with Crippen molar-refractivity contribution in [3.63, 3.8) is 0 Å². The molecule has 0 radical (unpaired) electrons. The highest BCUT2D eigenvalue weighted by atomic mass is 79.9. The van der Waals surface area contributed by atoms with Crippen molar-refractivity contribution in [1.29, 1.82) is 0 Å². The smallest absolute Gasteiger partial charge is 0.346 e. The van der Waals surface area contributed by atoms with Gasteiger partial charge in [-0.25, -0.2) is 4.79 Å². The number of benzene rings is 1. The van der Waals surface area contributed by atoms with Crippen LogP contribution in [-0.4, -0.2) is 16.1 Å². The molecule has 1 aromatic carbocycles. The normalized spacial score (nSPS) is 10.7. The molecule has 0 bridgehead atoms. The molecule has 6 heteroatoms. The predicted molar refractivity (Wildman–Crippen MR) is 85.1 cm³/mol. The Bertz CT molecular complexity index is 816. The molecule has 0 saturated carbocycles. The number of nitrogens with zero attached hydrogens (tertiary/aromatic N) is 1. The third kappa shape index (κ3) is 2.91. The molecule has 0 aliphatic carbocycles. The number of carbonyl (C=O) groups is 1. The second-order valence-corrected chi connectivity index (χ2v) is 6.31. The molecular weight excluding hydrogens is 354 g/mol. The number of pyridine rings is 1. The van der Waals surface area contributed by atoms with E-state index in [1.807, 2.05) is 24.3 Å². The van der Waals surface area contributed by atoms with Crippen molar-refractivity contribution in [2.45, 2.75) is 6.61 Å². The second-order valence-electron chi connectivity index (χ2n) is 4.34. The van der Waals surface area contributed by atoms with Crippen LogP contribution in [0.2, 0.25) is 0 Å². The number of halogens is 1. The molecule has 2 aromatic heterocycles. The summed E-state index contributed by atoms with van der Waals surface area (Å²) in [5.41, 5.74) is 0.697. The van der Waals surface area contributed by atoms with E-state index in [2.05, 4.69) is 20.9 Å². The Morgan fingerprint density at radius 3 is 2.90 bits per heavy atom. The lowest BCUT2D eigenvalue weighted by atomic mass is 10.1. The fraction of sp³-hybridized carbons (Fsp3) is 0.0667. The van der Waals surface area contributed by atoms with Crippen LogP contribution in [0.25, 0.3) is 10.1 Å². The van der Waals surface area contributed by atoms with Gasteiger partial charge in [-0.1, -0.05) is 18.2 Å². The van der Waals surface area contributed by atoms with E-state index < -0.39 is 5.97 Å². The van der Waals surface area contributed by atoms with Crippen LogP contribution in [0.3, 0.4) is 0 Å². The van der Waals surface area contributed by atoms with Gasteiger partial charge in [0.15, 0.2) is 0 Å². The summed E-state index contributed by atoms with van der Waals surface area (Å²) in [6.45, 7) is 0.198. The number of aromatic carboxylic acids is 1. The summed E-state index contributed by atoms with van der Waals surface area (Å²) in [5, 5.41) is 10.3. The Hall–Kier alpha value is -1.92. The number of fused-ring (bicyclic) bond motifs is 1. The fourth-order valence-electron chi connectivity index (χ4n) is 2.04. The summed E-state index contributed by atoms with van der Waals surface area (Å²) in [6, 6.07) is 9.41. The van der Waals surface area contributed by atoms with Crippen molar-refractivity contribution < 1.29 is 14.6 Å². The standard InChI is InChI=1S/C15H10BrNO3S/c16-9-5-10(7-17-6-9)20-8-12-11-3-1-2-4-13(11)21-14(12)15(18)19/h1-7H,8H2,(H,18,19). The van der Waals surface area contributed by atoms with Gasteiger partial charge < -0.3 is 9.84 Å². The van der Waals surface area contributed by atoms with E-state index in [1.54, 1.807) is 18.5 Å². The van der Waals surface area contributed by atoms with Crippen LogP contribution in [-0.2, 0) is 6.61 Å². The van der Waals surface area contributed by atoms with Crippen molar-refractivity contribution in [2.24, 2.45) is 0 Å². The summed E-state index contributed by atoms with van der Waals surface area (Å²) in [6.07, 6.45) is 3.26. The van der Waals surface area contributed by atoms with E-state index in [1.165, 1.54) is 11.3 Å². The van der Waals surface area contributed by atoms with Crippen LogP contribution in [0.1, 0.15) is 15.2 Å². The van der Waals surface area contributed by atoms with E-state index in [-0.39, 0.29) is 6.61 Å². The molecule has 0 saturated heterocycles. The van der Waals surface area contributed by atoms with Gasteiger partial charge in [0.2, 0.25) is 0 Å². The van der Waals surface area contributed by atoms with Crippen LogP contribution >= 0.6 is 27.3 Å². The molecule has 3 aromatic rings. The van der Waals surface area contributed by atoms with Gasteiger partial charge in [-0.3, -0.25) is 4.98 Å². The number of rotatable bonds is 4. The molecule has 106 valence electrons. The number of carboxylic acids is 1. The first-order chi connectivity index (χ1) is 10.1. The average Bonchev–Trinajstić information content (AvgIpc) is 2.84. The van der Waals surface area contributed by atoms with Crippen LogP contribution < -0.4 is 4.74 Å². The SMILES string of the molecule is O=C(O)c1sc2ccccc2c1COc1cncc(Br)c1. The number of ether oxygens (including phenoxy) is 1. The van der Waals surface area contributed by atoms with Crippen molar-refractivity contribution in [3.05, 3.63) is 57.6 Å². The quantitative estimate of drug-likeness (QED) is 0.748. The molecule has 3 rings (SSSR count). The number of hydrogen-bond acceptors (Lipinski definition) is 4. The van der Waals surface area contributed by atoms with Crippen LogP contribution in [0, 0.1) is 0 Å². The Morgan fingerprint density at radius 2 is 2.14 bits per heavy atom. The van der Waals surface area contributed by atoms with E-state index >= 15 is 0 Å². The summed E-state index contributed by atoms with van der Waals surface area (Å²) >= 11 is 4.59. The number of hydrogen-bond donors (Lipinski definition) is 1. The zero-order valence-corrected chi connectivity index (χ0v) is 13.1. The van der Waals surface area contributed by atoms with E-state index in [4.69, 9.17) is 4.74 Å². The van der Waals surface area contributed by atoms with Gasteiger partial charge in [-0.05, 0) is 33.4 Å². The van der Waals surface area contributed by atoms with Gasteiger partial charge in [0.25, 0.3) is 0 Å². The molecule has 4 nitrogen and oxygen atoms in total. The maximum atomic E-state index is 11.4. The topological polar surface area (TPSA) is 59.4 Å². The first-order valence-electron chi connectivity index (χ1n) is 6.12. The monoisotopic (exact) mass is 363 g/mol. The molecule has 0 fully saturated rings. The van der Waals surface area contributed by atoms with Crippen molar-refractivity contribution >= 4 is 43.3 Å². The number of aromatic nitrogens is 1. The van der Waals surface area contributed by atoms with Gasteiger partial charge in [0.1, 0.15) is 17.2 Å². The van der Waals surface area contributed by atoms with Crippen molar-refractivity contribution in [2.75, 3.05) is 0 Å². The molecule has 0 amide bonds. The van der Waals surface area contributed by atoms with Gasteiger partial charge in [0.05, 0.1) is 6.20 Å². The predicted octanol–water partition coefficient (Wildman–Crippen LogP) is 4.34. The largest absolute Gasteiger partial charge is 0.487 e. The second kappa shape index (κ2) is 5.83. The summed E-state index contributed by atoms with van der Waals surface area (Å²) < 4.78 is 7.44. The Balaban J connectivity index is 1.95. The maximum Gasteiger partial charge on any atom is 0.346 e. The lowest BCUT2D eigenvalue weighted by molar-refractivity contribution is 0.0699. The van der Waals surface area contributed by atoms with Crippen LogP contribution in [0.15, 0.2) is 47.2 Å².